The third kappa shape index (κ3) is 3.19. The lowest BCUT2D eigenvalue weighted by Gasteiger charge is -1.99. The molecule has 1 aromatic carbocycles. The minimum absolute atomic E-state index is 0.324. The number of hydrogen-bond acceptors (Lipinski definition) is 2. The van der Waals surface area contributed by atoms with Gasteiger partial charge < -0.3 is 5.43 Å². The lowest BCUT2D eigenvalue weighted by atomic mass is 10.3. The first-order chi connectivity index (χ1) is 5.74. The number of hydrazine groups is 1. The maximum absolute atomic E-state index is 12.6. The van der Waals surface area contributed by atoms with Crippen LogP contribution < -0.4 is 11.3 Å². The largest absolute Gasteiger partial charge is 0.324 e. The van der Waals surface area contributed by atoms with Crippen molar-refractivity contribution in [2.45, 2.75) is 13.8 Å². The molecule has 0 saturated heterocycles. The molecule has 68 valence electrons. The van der Waals surface area contributed by atoms with Crippen LogP contribution >= 0.6 is 15.9 Å². The summed E-state index contributed by atoms with van der Waals surface area (Å²) >= 11 is 3.01. The molecule has 4 heteroatoms. The Morgan fingerprint density at radius 2 is 2.00 bits per heavy atom. The fourth-order valence-electron chi connectivity index (χ4n) is 0.586. The fraction of sp³-hybridized carbons (Fsp3) is 0.250. The molecule has 2 nitrogen and oxygen atoms in total. The Morgan fingerprint density at radius 3 is 2.42 bits per heavy atom. The summed E-state index contributed by atoms with van der Waals surface area (Å²) in [4.78, 5) is 0. The van der Waals surface area contributed by atoms with E-state index in [-0.39, 0.29) is 5.82 Å². The van der Waals surface area contributed by atoms with Gasteiger partial charge in [-0.3, -0.25) is 5.84 Å². The van der Waals surface area contributed by atoms with Crippen LogP contribution in [0.25, 0.3) is 0 Å². The first kappa shape index (κ1) is 11.4. The molecule has 1 aromatic rings. The van der Waals surface area contributed by atoms with Crippen molar-refractivity contribution < 1.29 is 4.39 Å². The van der Waals surface area contributed by atoms with Crippen molar-refractivity contribution in [1.82, 2.24) is 0 Å². The van der Waals surface area contributed by atoms with Crippen molar-refractivity contribution in [3.63, 3.8) is 0 Å². The Morgan fingerprint density at radius 1 is 1.42 bits per heavy atom. The number of anilines is 1. The standard InChI is InChI=1S/C6H6BrFN2.C2H6/c7-5-2-1-4(10-9)3-6(5)8;1-2/h1-3,10H,9H2;1-2H3. The monoisotopic (exact) mass is 234 g/mol. The quantitative estimate of drug-likeness (QED) is 0.580. The SMILES string of the molecule is CC.NNc1ccc(Br)c(F)c1. The molecule has 0 aromatic heterocycles. The van der Waals surface area contributed by atoms with Crippen LogP contribution in [0.4, 0.5) is 10.1 Å². The molecule has 0 spiro atoms. The maximum atomic E-state index is 12.6. The molecule has 0 aliphatic heterocycles. The summed E-state index contributed by atoms with van der Waals surface area (Å²) < 4.78 is 13.1. The lowest BCUT2D eigenvalue weighted by Crippen LogP contribution is -2.06. The Kier molecular flexibility index (Phi) is 5.66. The second-order valence-corrected chi connectivity index (χ2v) is 2.63. The van der Waals surface area contributed by atoms with E-state index in [1.54, 1.807) is 12.1 Å². The van der Waals surface area contributed by atoms with Crippen LogP contribution in [0.5, 0.6) is 0 Å². The van der Waals surface area contributed by atoms with Crippen molar-refractivity contribution >= 4 is 21.6 Å². The van der Waals surface area contributed by atoms with Gasteiger partial charge in [-0.1, -0.05) is 13.8 Å². The van der Waals surface area contributed by atoms with Crippen molar-refractivity contribution in [2.24, 2.45) is 5.84 Å². The second-order valence-electron chi connectivity index (χ2n) is 1.77. The normalized spacial score (nSPS) is 8.42. The van der Waals surface area contributed by atoms with E-state index in [0.717, 1.165) is 0 Å². The minimum Gasteiger partial charge on any atom is -0.324 e. The average molecular weight is 235 g/mol. The van der Waals surface area contributed by atoms with Gasteiger partial charge in [0, 0.05) is 0 Å². The highest BCUT2D eigenvalue weighted by Crippen LogP contribution is 2.18. The number of hydrogen-bond donors (Lipinski definition) is 2. The van der Waals surface area contributed by atoms with E-state index in [1.807, 2.05) is 13.8 Å². The van der Waals surface area contributed by atoms with Crippen LogP contribution in [-0.2, 0) is 0 Å². The van der Waals surface area contributed by atoms with Gasteiger partial charge in [0.05, 0.1) is 10.2 Å². The van der Waals surface area contributed by atoms with Gasteiger partial charge in [-0.15, -0.1) is 0 Å². The van der Waals surface area contributed by atoms with Gasteiger partial charge in [0.25, 0.3) is 0 Å². The van der Waals surface area contributed by atoms with E-state index in [0.29, 0.717) is 10.2 Å². The molecule has 0 aliphatic rings. The molecular formula is C8H12BrFN2. The summed E-state index contributed by atoms with van der Waals surface area (Å²) in [7, 11) is 0. The van der Waals surface area contributed by atoms with E-state index in [4.69, 9.17) is 5.84 Å². The molecule has 0 radical (unpaired) electrons. The number of nitrogen functional groups attached to an aromatic ring is 1. The highest BCUT2D eigenvalue weighted by molar-refractivity contribution is 9.10. The Hall–Kier alpha value is -0.610. The molecule has 0 amide bonds. The Bertz CT molecular complexity index is 240. The van der Waals surface area contributed by atoms with Crippen LogP contribution in [-0.4, -0.2) is 0 Å². The zero-order valence-electron chi connectivity index (χ0n) is 7.07. The van der Waals surface area contributed by atoms with Gasteiger partial charge in [0.2, 0.25) is 0 Å². The maximum Gasteiger partial charge on any atom is 0.139 e. The van der Waals surface area contributed by atoms with Crippen molar-refractivity contribution in [1.29, 1.82) is 0 Å². The molecule has 3 N–H and O–H groups in total. The van der Waals surface area contributed by atoms with E-state index in [1.165, 1.54) is 6.07 Å². The third-order valence-corrected chi connectivity index (χ3v) is 1.73. The summed E-state index contributed by atoms with van der Waals surface area (Å²) in [6.07, 6.45) is 0. The fourth-order valence-corrected chi connectivity index (χ4v) is 0.833. The van der Waals surface area contributed by atoms with Crippen molar-refractivity contribution in [3.05, 3.63) is 28.5 Å². The summed E-state index contributed by atoms with van der Waals surface area (Å²) in [6.45, 7) is 4.00. The predicted octanol–water partition coefficient (Wildman–Crippen LogP) is 2.90. The Labute approximate surface area is 80.1 Å². The van der Waals surface area contributed by atoms with Crippen molar-refractivity contribution in [3.8, 4) is 0 Å². The lowest BCUT2D eigenvalue weighted by molar-refractivity contribution is 0.621. The number of halogens is 2. The zero-order valence-corrected chi connectivity index (χ0v) is 8.65. The molecule has 0 heterocycles. The number of benzene rings is 1. The van der Waals surface area contributed by atoms with Crippen LogP contribution in [0.15, 0.2) is 22.7 Å². The highest BCUT2D eigenvalue weighted by atomic mass is 79.9. The number of rotatable bonds is 1. The van der Waals surface area contributed by atoms with Crippen LogP contribution in [0.1, 0.15) is 13.8 Å². The molecule has 0 saturated carbocycles. The predicted molar refractivity (Wildman–Crippen MR) is 53.3 cm³/mol. The minimum atomic E-state index is -0.324. The van der Waals surface area contributed by atoms with Gasteiger partial charge in [-0.05, 0) is 34.1 Å². The zero-order chi connectivity index (χ0) is 9.56. The topological polar surface area (TPSA) is 38.0 Å². The van der Waals surface area contributed by atoms with Crippen LogP contribution in [0, 0.1) is 5.82 Å². The molecule has 0 fully saturated rings. The molecule has 0 unspecified atom stereocenters. The van der Waals surface area contributed by atoms with Gasteiger partial charge in [0.15, 0.2) is 0 Å². The van der Waals surface area contributed by atoms with Gasteiger partial charge in [0.1, 0.15) is 5.82 Å². The van der Waals surface area contributed by atoms with E-state index in [2.05, 4.69) is 21.4 Å². The van der Waals surface area contributed by atoms with Gasteiger partial charge >= 0.3 is 0 Å². The second kappa shape index (κ2) is 5.97. The van der Waals surface area contributed by atoms with Crippen LogP contribution in [0.3, 0.4) is 0 Å². The Balaban J connectivity index is 0.000000561. The van der Waals surface area contributed by atoms with E-state index in [9.17, 15) is 4.39 Å². The molecule has 0 bridgehead atoms. The van der Waals surface area contributed by atoms with Crippen LogP contribution in [0.2, 0.25) is 0 Å². The van der Waals surface area contributed by atoms with Gasteiger partial charge in [-0.2, -0.15) is 0 Å². The number of nitrogens with one attached hydrogen (secondary N) is 1. The van der Waals surface area contributed by atoms with Crippen molar-refractivity contribution in [2.75, 3.05) is 5.43 Å². The smallest absolute Gasteiger partial charge is 0.139 e. The van der Waals surface area contributed by atoms with E-state index >= 15 is 0 Å². The summed E-state index contributed by atoms with van der Waals surface area (Å²) in [5, 5.41) is 0. The molecule has 0 atom stereocenters. The summed E-state index contributed by atoms with van der Waals surface area (Å²) in [5.41, 5.74) is 2.89. The van der Waals surface area contributed by atoms with E-state index < -0.39 is 0 Å². The molecule has 0 aliphatic carbocycles. The third-order valence-electron chi connectivity index (χ3n) is 1.09. The summed E-state index contributed by atoms with van der Waals surface area (Å²) in [5.74, 6) is 4.71. The highest BCUT2D eigenvalue weighted by Gasteiger charge is 1.97. The average Bonchev–Trinajstić information content (AvgIpc) is 2.13. The molecule has 1 rings (SSSR count). The first-order valence-corrected chi connectivity index (χ1v) is 4.45. The molecular weight excluding hydrogens is 223 g/mol. The van der Waals surface area contributed by atoms with Gasteiger partial charge in [-0.25, -0.2) is 4.39 Å². The molecule has 12 heavy (non-hydrogen) atoms. The number of nitrogens with two attached hydrogens (primary N) is 1. The summed E-state index contributed by atoms with van der Waals surface area (Å²) in [6, 6.07) is 4.57. The first-order valence-electron chi connectivity index (χ1n) is 3.65.